The highest BCUT2D eigenvalue weighted by atomic mass is 35.5. The second kappa shape index (κ2) is 7.35. The van der Waals surface area contributed by atoms with Crippen molar-refractivity contribution in [2.75, 3.05) is 7.11 Å². The molecule has 8 heteroatoms. The van der Waals surface area contributed by atoms with Gasteiger partial charge in [-0.1, -0.05) is 35.0 Å². The quantitative estimate of drug-likeness (QED) is 0.458. The van der Waals surface area contributed by atoms with Gasteiger partial charge in [0.05, 0.1) is 18.9 Å². The van der Waals surface area contributed by atoms with Crippen LogP contribution < -0.4 is 4.74 Å². The molecule has 0 heterocycles. The molecule has 0 aliphatic carbocycles. The average Bonchev–Trinajstić information content (AvgIpc) is 2.54. The number of carbonyl (C=O) groups is 1. The average molecular weight is 358 g/mol. The SMILES string of the molecule is COc1ccc(Cl)cc1C(=O)O/N=C\c1ccccc1C(F)(F)F. The number of carbonyl (C=O) groups excluding carboxylic acids is 1. The number of oxime groups is 1. The minimum atomic E-state index is -4.54. The molecule has 0 aliphatic rings. The van der Waals surface area contributed by atoms with E-state index in [0.717, 1.165) is 12.3 Å². The minimum Gasteiger partial charge on any atom is -0.496 e. The lowest BCUT2D eigenvalue weighted by Crippen LogP contribution is -2.09. The van der Waals surface area contributed by atoms with Crippen LogP contribution in [0.2, 0.25) is 5.02 Å². The maximum Gasteiger partial charge on any atom is 0.417 e. The maximum absolute atomic E-state index is 12.8. The summed E-state index contributed by atoms with van der Waals surface area (Å²) in [5.74, 6) is -0.703. The van der Waals surface area contributed by atoms with E-state index in [-0.39, 0.29) is 21.9 Å². The maximum atomic E-state index is 12.8. The largest absolute Gasteiger partial charge is 0.496 e. The Morgan fingerprint density at radius 3 is 2.58 bits per heavy atom. The smallest absolute Gasteiger partial charge is 0.417 e. The van der Waals surface area contributed by atoms with E-state index in [2.05, 4.69) is 9.99 Å². The summed E-state index contributed by atoms with van der Waals surface area (Å²) in [7, 11) is 1.35. The molecule has 2 aromatic rings. The fraction of sp³-hybridized carbons (Fsp3) is 0.125. The molecule has 0 spiro atoms. The highest BCUT2D eigenvalue weighted by Gasteiger charge is 2.32. The summed E-state index contributed by atoms with van der Waals surface area (Å²) in [5, 5.41) is 3.60. The van der Waals surface area contributed by atoms with Crippen molar-refractivity contribution in [2.24, 2.45) is 5.16 Å². The molecule has 0 amide bonds. The van der Waals surface area contributed by atoms with E-state index in [4.69, 9.17) is 16.3 Å². The number of ether oxygens (including phenoxy) is 1. The third-order valence-corrected chi connectivity index (χ3v) is 3.21. The van der Waals surface area contributed by atoms with Gasteiger partial charge in [0.1, 0.15) is 11.3 Å². The van der Waals surface area contributed by atoms with Gasteiger partial charge in [0.2, 0.25) is 0 Å². The number of benzene rings is 2. The third kappa shape index (κ3) is 4.26. The monoisotopic (exact) mass is 357 g/mol. The van der Waals surface area contributed by atoms with E-state index >= 15 is 0 Å². The molecule has 126 valence electrons. The van der Waals surface area contributed by atoms with E-state index in [0.29, 0.717) is 0 Å². The fourth-order valence-electron chi connectivity index (χ4n) is 1.89. The van der Waals surface area contributed by atoms with E-state index in [1.54, 1.807) is 0 Å². The number of hydrogen-bond donors (Lipinski definition) is 0. The highest BCUT2D eigenvalue weighted by molar-refractivity contribution is 6.31. The van der Waals surface area contributed by atoms with Gasteiger partial charge in [0, 0.05) is 10.6 Å². The zero-order valence-electron chi connectivity index (χ0n) is 12.3. The van der Waals surface area contributed by atoms with Gasteiger partial charge in [-0.15, -0.1) is 0 Å². The van der Waals surface area contributed by atoms with Gasteiger partial charge in [-0.2, -0.15) is 13.2 Å². The molecule has 4 nitrogen and oxygen atoms in total. The Morgan fingerprint density at radius 2 is 1.92 bits per heavy atom. The van der Waals surface area contributed by atoms with Gasteiger partial charge >= 0.3 is 12.1 Å². The van der Waals surface area contributed by atoms with Gasteiger partial charge in [-0.3, -0.25) is 0 Å². The molecule has 0 saturated heterocycles. The first-order chi connectivity index (χ1) is 11.3. The van der Waals surface area contributed by atoms with Crippen LogP contribution in [0.15, 0.2) is 47.6 Å². The van der Waals surface area contributed by atoms with Crippen LogP contribution in [-0.2, 0) is 11.0 Å². The molecule has 0 unspecified atom stereocenters. The second-order valence-corrected chi connectivity index (χ2v) is 4.98. The summed E-state index contributed by atoms with van der Waals surface area (Å²) in [6, 6.07) is 9.06. The van der Waals surface area contributed by atoms with E-state index < -0.39 is 17.7 Å². The molecular formula is C16H11ClF3NO3. The first-order valence-corrected chi connectivity index (χ1v) is 6.95. The van der Waals surface area contributed by atoms with Gasteiger partial charge in [0.25, 0.3) is 0 Å². The standard InChI is InChI=1S/C16H11ClF3NO3/c1-23-14-7-6-11(17)8-12(14)15(22)24-21-9-10-4-2-3-5-13(10)16(18,19)20/h2-9H,1H3/b21-9-. The molecule has 0 aromatic heterocycles. The first kappa shape index (κ1) is 17.8. The fourth-order valence-corrected chi connectivity index (χ4v) is 2.06. The summed E-state index contributed by atoms with van der Waals surface area (Å²) in [5.41, 5.74) is -1.10. The molecule has 0 atom stereocenters. The molecule has 2 rings (SSSR count). The molecule has 0 fully saturated rings. The van der Waals surface area contributed by atoms with Crippen molar-refractivity contribution >= 4 is 23.8 Å². The number of alkyl halides is 3. The van der Waals surface area contributed by atoms with E-state index in [1.165, 1.54) is 43.5 Å². The molecule has 24 heavy (non-hydrogen) atoms. The van der Waals surface area contributed by atoms with Crippen molar-refractivity contribution in [3.05, 3.63) is 64.2 Å². The zero-order valence-corrected chi connectivity index (χ0v) is 13.1. The van der Waals surface area contributed by atoms with Crippen molar-refractivity contribution in [1.82, 2.24) is 0 Å². The van der Waals surface area contributed by atoms with Gasteiger partial charge in [-0.25, -0.2) is 4.79 Å². The summed E-state index contributed by atoms with van der Waals surface area (Å²) in [4.78, 5) is 16.6. The first-order valence-electron chi connectivity index (χ1n) is 6.57. The predicted molar refractivity (Wildman–Crippen MR) is 82.5 cm³/mol. The van der Waals surface area contributed by atoms with Crippen molar-refractivity contribution in [1.29, 1.82) is 0 Å². The van der Waals surface area contributed by atoms with E-state index in [9.17, 15) is 18.0 Å². The van der Waals surface area contributed by atoms with Gasteiger partial charge in [0.15, 0.2) is 0 Å². The Morgan fingerprint density at radius 1 is 1.21 bits per heavy atom. The lowest BCUT2D eigenvalue weighted by Gasteiger charge is -2.09. The number of hydrogen-bond acceptors (Lipinski definition) is 4. The summed E-state index contributed by atoms with van der Waals surface area (Å²) in [6.45, 7) is 0. The molecule has 0 aliphatic heterocycles. The van der Waals surface area contributed by atoms with Crippen LogP contribution in [0.1, 0.15) is 21.5 Å². The number of rotatable bonds is 4. The van der Waals surface area contributed by atoms with E-state index in [1.807, 2.05) is 0 Å². The van der Waals surface area contributed by atoms with Crippen LogP contribution in [0.5, 0.6) is 5.75 Å². The molecular weight excluding hydrogens is 347 g/mol. The highest BCUT2D eigenvalue weighted by Crippen LogP contribution is 2.31. The van der Waals surface area contributed by atoms with Gasteiger partial charge < -0.3 is 9.57 Å². The molecule has 2 aromatic carbocycles. The van der Waals surface area contributed by atoms with Crippen molar-refractivity contribution in [3.8, 4) is 5.75 Å². The van der Waals surface area contributed by atoms with Crippen LogP contribution in [0.3, 0.4) is 0 Å². The van der Waals surface area contributed by atoms with Gasteiger partial charge in [-0.05, 0) is 24.3 Å². The lowest BCUT2D eigenvalue weighted by atomic mass is 10.1. The lowest BCUT2D eigenvalue weighted by molar-refractivity contribution is -0.137. The number of nitrogens with zero attached hydrogens (tertiary/aromatic N) is 1. The normalized spacial score (nSPS) is 11.5. The van der Waals surface area contributed by atoms with Crippen LogP contribution in [0, 0.1) is 0 Å². The predicted octanol–water partition coefficient (Wildman–Crippen LogP) is 4.56. The molecule has 0 radical (unpaired) electrons. The number of methoxy groups -OCH3 is 1. The Hall–Kier alpha value is -2.54. The van der Waals surface area contributed by atoms with Crippen LogP contribution in [-0.4, -0.2) is 19.3 Å². The molecule has 0 N–H and O–H groups in total. The Kier molecular flexibility index (Phi) is 5.46. The Bertz CT molecular complexity index is 775. The Balaban J connectivity index is 2.19. The molecule has 0 saturated carbocycles. The zero-order chi connectivity index (χ0) is 17.7. The van der Waals surface area contributed by atoms with Crippen LogP contribution in [0.4, 0.5) is 13.2 Å². The second-order valence-electron chi connectivity index (χ2n) is 4.54. The van der Waals surface area contributed by atoms with Crippen LogP contribution in [0.25, 0.3) is 0 Å². The van der Waals surface area contributed by atoms with Crippen molar-refractivity contribution < 1.29 is 27.5 Å². The Labute approximate surface area is 140 Å². The summed E-state index contributed by atoms with van der Waals surface area (Å²) >= 11 is 5.79. The topological polar surface area (TPSA) is 47.9 Å². The summed E-state index contributed by atoms with van der Waals surface area (Å²) in [6.07, 6.45) is -3.72. The molecule has 0 bridgehead atoms. The third-order valence-electron chi connectivity index (χ3n) is 2.98. The summed E-state index contributed by atoms with van der Waals surface area (Å²) < 4.78 is 43.5. The minimum absolute atomic E-state index is 0.00579. The van der Waals surface area contributed by atoms with Crippen molar-refractivity contribution in [2.45, 2.75) is 6.18 Å². The van der Waals surface area contributed by atoms with Crippen LogP contribution >= 0.6 is 11.6 Å². The number of halogens is 4. The van der Waals surface area contributed by atoms with Crippen molar-refractivity contribution in [3.63, 3.8) is 0 Å².